The smallest absolute Gasteiger partial charge is 0.270 e. The van der Waals surface area contributed by atoms with E-state index in [9.17, 15) is 4.79 Å². The summed E-state index contributed by atoms with van der Waals surface area (Å²) in [5.74, 6) is 6.92. The predicted molar refractivity (Wildman–Crippen MR) is 151 cm³/mol. The van der Waals surface area contributed by atoms with Gasteiger partial charge in [-0.25, -0.2) is 0 Å². The third-order valence-corrected chi connectivity index (χ3v) is 7.45. The first kappa shape index (κ1) is 27.7. The first-order valence-corrected chi connectivity index (χ1v) is 13.3. The van der Waals surface area contributed by atoms with Gasteiger partial charge < -0.3 is 16.1 Å². The summed E-state index contributed by atoms with van der Waals surface area (Å²) in [6.07, 6.45) is 4.29. The molecule has 0 unspecified atom stereocenters. The molecule has 12 heteroatoms. The number of anilines is 2. The van der Waals surface area contributed by atoms with Gasteiger partial charge in [-0.05, 0) is 78.1 Å². The van der Waals surface area contributed by atoms with Gasteiger partial charge in [-0.3, -0.25) is 10.1 Å². The van der Waals surface area contributed by atoms with E-state index in [1.165, 1.54) is 0 Å². The van der Waals surface area contributed by atoms with E-state index in [4.69, 9.17) is 29.0 Å². The molecule has 3 aromatic rings. The number of nitrogens with one attached hydrogen (secondary N) is 3. The minimum atomic E-state index is -0.320. The molecule has 1 fully saturated rings. The van der Waals surface area contributed by atoms with Gasteiger partial charge >= 0.3 is 0 Å². The average Bonchev–Trinajstić information content (AvgIpc) is 3.38. The number of benzene rings is 2. The summed E-state index contributed by atoms with van der Waals surface area (Å²) in [7, 11) is 0. The molecule has 0 bridgehead atoms. The molecule has 5 N–H and O–H groups in total. The molecule has 10 nitrogen and oxygen atoms in total. The Balaban J connectivity index is 1.53. The number of guanidine groups is 1. The van der Waals surface area contributed by atoms with E-state index in [1.807, 2.05) is 12.1 Å². The minimum Gasteiger partial charge on any atom is -0.334 e. The van der Waals surface area contributed by atoms with Crippen LogP contribution in [0.15, 0.2) is 47.6 Å². The third-order valence-electron chi connectivity index (χ3n) is 7.01. The van der Waals surface area contributed by atoms with Gasteiger partial charge in [-0.2, -0.15) is 5.21 Å². The fourth-order valence-electron chi connectivity index (χ4n) is 4.91. The maximum Gasteiger partial charge on any atom is 0.270 e. The van der Waals surface area contributed by atoms with Crippen LogP contribution in [0.2, 0.25) is 10.0 Å². The maximum absolute atomic E-state index is 12.5. The van der Waals surface area contributed by atoms with Crippen molar-refractivity contribution in [2.45, 2.75) is 59.0 Å². The van der Waals surface area contributed by atoms with E-state index >= 15 is 0 Å². The number of nitrogens with zero attached hydrogens (tertiary/aromatic N) is 5. The second-order valence-corrected chi connectivity index (χ2v) is 11.5. The fraction of sp³-hybridized carbons (Fsp3) is 0.423. The molecule has 0 spiro atoms. The molecule has 202 valence electrons. The number of halogens is 2. The van der Waals surface area contributed by atoms with Crippen LogP contribution in [0.3, 0.4) is 0 Å². The lowest BCUT2D eigenvalue weighted by atomic mass is 9.71. The molecule has 1 amide bonds. The van der Waals surface area contributed by atoms with Crippen molar-refractivity contribution in [3.05, 3.63) is 63.6 Å². The molecule has 1 aliphatic carbocycles. The molecule has 0 aliphatic heterocycles. The predicted octanol–water partition coefficient (Wildman–Crippen LogP) is 5.51. The summed E-state index contributed by atoms with van der Waals surface area (Å²) in [5, 5.41) is 24.3. The summed E-state index contributed by atoms with van der Waals surface area (Å²) < 4.78 is 0. The number of tetrazole rings is 1. The molecule has 1 saturated carbocycles. The normalized spacial score (nSPS) is 18.2. The van der Waals surface area contributed by atoms with Crippen LogP contribution in [0, 0.1) is 11.3 Å². The molecule has 0 radical (unpaired) electrons. The molecule has 0 saturated heterocycles. The zero-order valence-corrected chi connectivity index (χ0v) is 23.2. The second kappa shape index (κ2) is 12.0. The standard InChI is InChI=1S/C26H33Cl2N9O/c1-26(2,3)18-8-10-22(11-9-18)37(25(32-29)30-21-13-19(27)12-20(28)14-21)15-16-4-6-17(7-5-16)23(38)31-24-33-35-36-34-24/h4-7,12-14,18,22H,8-11,15,29H2,1-3H3,(H,30,32)(H2,31,33,34,35,36,38)/t18-,22-. The zero-order chi connectivity index (χ0) is 27.3. The molecule has 1 heterocycles. The van der Waals surface area contributed by atoms with Crippen LogP contribution in [-0.4, -0.2) is 43.4 Å². The topological polar surface area (TPSA) is 137 Å². The van der Waals surface area contributed by atoms with E-state index < -0.39 is 0 Å². The molecule has 38 heavy (non-hydrogen) atoms. The number of aromatic nitrogens is 4. The zero-order valence-electron chi connectivity index (χ0n) is 21.7. The Morgan fingerprint density at radius 3 is 2.29 bits per heavy atom. The highest BCUT2D eigenvalue weighted by Crippen LogP contribution is 2.39. The van der Waals surface area contributed by atoms with Gasteiger partial charge in [0, 0.05) is 33.9 Å². The summed E-state index contributed by atoms with van der Waals surface area (Å²) in [4.78, 5) is 14.7. The van der Waals surface area contributed by atoms with Gasteiger partial charge in [0.05, 0.1) is 0 Å². The Morgan fingerprint density at radius 1 is 1.08 bits per heavy atom. The van der Waals surface area contributed by atoms with Crippen molar-refractivity contribution in [3.63, 3.8) is 0 Å². The Kier molecular flexibility index (Phi) is 8.73. The number of carbonyl (C=O) groups is 1. The van der Waals surface area contributed by atoms with Gasteiger partial charge in [-0.1, -0.05) is 61.2 Å². The van der Waals surface area contributed by atoms with Crippen LogP contribution in [0.25, 0.3) is 0 Å². The monoisotopic (exact) mass is 557 g/mol. The van der Waals surface area contributed by atoms with Crippen molar-refractivity contribution in [2.75, 3.05) is 10.6 Å². The number of hydrogen-bond donors (Lipinski definition) is 4. The maximum atomic E-state index is 12.5. The number of nitrogens with two attached hydrogens (primary N) is 1. The molecule has 4 rings (SSSR count). The Hall–Kier alpha value is -3.37. The fourth-order valence-corrected chi connectivity index (χ4v) is 5.44. The summed E-state index contributed by atoms with van der Waals surface area (Å²) in [6.45, 7) is 7.48. The Labute approximate surface area is 232 Å². The van der Waals surface area contributed by atoms with Gasteiger partial charge in [0.15, 0.2) is 0 Å². The van der Waals surface area contributed by atoms with Crippen LogP contribution in [0.4, 0.5) is 11.6 Å². The lowest BCUT2D eigenvalue weighted by Crippen LogP contribution is -2.46. The van der Waals surface area contributed by atoms with Crippen molar-refractivity contribution in [2.24, 2.45) is 22.3 Å². The Bertz CT molecular complexity index is 1230. The van der Waals surface area contributed by atoms with Crippen molar-refractivity contribution in [1.29, 1.82) is 0 Å². The first-order chi connectivity index (χ1) is 18.1. The number of carbonyl (C=O) groups excluding carboxylic acids is 1. The van der Waals surface area contributed by atoms with Crippen LogP contribution >= 0.6 is 23.2 Å². The number of amides is 1. The van der Waals surface area contributed by atoms with E-state index in [0.29, 0.717) is 39.7 Å². The van der Waals surface area contributed by atoms with E-state index in [-0.39, 0.29) is 23.3 Å². The minimum absolute atomic E-state index is 0.118. The van der Waals surface area contributed by atoms with Crippen molar-refractivity contribution in [3.8, 4) is 0 Å². The number of H-pyrrole nitrogens is 1. The van der Waals surface area contributed by atoms with Crippen LogP contribution in [0.1, 0.15) is 62.4 Å². The molecule has 2 aromatic carbocycles. The summed E-state index contributed by atoms with van der Waals surface area (Å²) in [6, 6.07) is 12.8. The van der Waals surface area contributed by atoms with E-state index in [0.717, 1.165) is 31.2 Å². The van der Waals surface area contributed by atoms with E-state index in [2.05, 4.69) is 62.0 Å². The van der Waals surface area contributed by atoms with Crippen LogP contribution < -0.4 is 16.5 Å². The number of rotatable bonds is 6. The molecular formula is C26H33Cl2N9O. The molecule has 0 atom stereocenters. The van der Waals surface area contributed by atoms with Gasteiger partial charge in [0.25, 0.3) is 11.9 Å². The average molecular weight is 559 g/mol. The van der Waals surface area contributed by atoms with E-state index in [1.54, 1.807) is 30.3 Å². The summed E-state index contributed by atoms with van der Waals surface area (Å²) >= 11 is 12.4. The number of aromatic amines is 1. The number of hydrogen-bond acceptors (Lipinski definition) is 6. The molecule has 1 aromatic heterocycles. The second-order valence-electron chi connectivity index (χ2n) is 10.6. The van der Waals surface area contributed by atoms with Crippen molar-refractivity contribution >= 4 is 46.7 Å². The van der Waals surface area contributed by atoms with Crippen molar-refractivity contribution in [1.82, 2.24) is 25.5 Å². The van der Waals surface area contributed by atoms with Crippen LogP contribution in [0.5, 0.6) is 0 Å². The third kappa shape index (κ3) is 7.14. The van der Waals surface area contributed by atoms with Gasteiger partial charge in [0.2, 0.25) is 5.96 Å². The van der Waals surface area contributed by atoms with Gasteiger partial charge in [-0.15, -0.1) is 10.2 Å². The highest BCUT2D eigenvalue weighted by atomic mass is 35.5. The molecule has 1 aliphatic rings. The van der Waals surface area contributed by atoms with Crippen LogP contribution in [-0.2, 0) is 6.54 Å². The largest absolute Gasteiger partial charge is 0.334 e. The molecular weight excluding hydrogens is 525 g/mol. The Morgan fingerprint density at radius 2 is 1.74 bits per heavy atom. The quantitative estimate of drug-likeness (QED) is 0.136. The van der Waals surface area contributed by atoms with Crippen molar-refractivity contribution < 1.29 is 4.79 Å². The van der Waals surface area contributed by atoms with Gasteiger partial charge in [0.1, 0.15) is 0 Å². The summed E-state index contributed by atoms with van der Waals surface area (Å²) in [5.41, 5.74) is 2.46. The lowest BCUT2D eigenvalue weighted by molar-refractivity contribution is 0.102. The SMILES string of the molecule is CC(C)(C)[C@H]1CC[C@H](N(Cc2ccc(C(=O)Nc3nn[nH]n3)cc2)/C(=N\N)Nc2cc(Cl)cc(Cl)c2)CC1. The highest BCUT2D eigenvalue weighted by Gasteiger charge is 2.33. The first-order valence-electron chi connectivity index (χ1n) is 12.5. The highest BCUT2D eigenvalue weighted by molar-refractivity contribution is 6.35. The number of hydrazone groups is 1. The lowest BCUT2D eigenvalue weighted by Gasteiger charge is -2.42.